The van der Waals surface area contributed by atoms with Crippen molar-refractivity contribution >= 4 is 17.3 Å². The smallest absolute Gasteiger partial charge is 0.368 e. The van der Waals surface area contributed by atoms with E-state index in [4.69, 9.17) is 11.6 Å². The van der Waals surface area contributed by atoms with Gasteiger partial charge in [-0.3, -0.25) is 0 Å². The fourth-order valence-corrected chi connectivity index (χ4v) is 2.24. The standard InChI is InChI=1S/C11H12ClF3N2/c12-8-2-1-3-9(10(8)11(13,14)15)17-6-4-16-5-7-17/h1-3,16H,4-7H2. The largest absolute Gasteiger partial charge is 0.419 e. The molecule has 1 heterocycles. The predicted octanol–water partition coefficient (Wildman–Crippen LogP) is 2.77. The third kappa shape index (κ3) is 2.66. The Bertz CT molecular complexity index is 400. The summed E-state index contributed by atoms with van der Waals surface area (Å²) in [5.74, 6) is 0. The van der Waals surface area contributed by atoms with Crippen molar-refractivity contribution in [2.75, 3.05) is 31.1 Å². The molecule has 0 atom stereocenters. The summed E-state index contributed by atoms with van der Waals surface area (Å²) in [6.07, 6.45) is -4.42. The summed E-state index contributed by atoms with van der Waals surface area (Å²) in [6.45, 7) is 2.49. The van der Waals surface area contributed by atoms with E-state index in [1.807, 2.05) is 0 Å². The summed E-state index contributed by atoms with van der Waals surface area (Å²) < 4.78 is 38.8. The zero-order valence-corrected chi connectivity index (χ0v) is 9.78. The van der Waals surface area contributed by atoms with Crippen molar-refractivity contribution in [1.29, 1.82) is 0 Å². The second kappa shape index (κ2) is 4.74. The van der Waals surface area contributed by atoms with Gasteiger partial charge in [0.05, 0.1) is 16.3 Å². The Kier molecular flexibility index (Phi) is 3.49. The van der Waals surface area contributed by atoms with Crippen molar-refractivity contribution in [3.8, 4) is 0 Å². The first-order valence-corrected chi connectivity index (χ1v) is 5.69. The van der Waals surface area contributed by atoms with Crippen LogP contribution in [0.1, 0.15) is 5.56 Å². The van der Waals surface area contributed by atoms with Gasteiger partial charge in [-0.25, -0.2) is 0 Å². The molecular formula is C11H12ClF3N2. The van der Waals surface area contributed by atoms with Crippen molar-refractivity contribution < 1.29 is 13.2 Å². The van der Waals surface area contributed by atoms with Gasteiger partial charge < -0.3 is 10.2 Å². The molecule has 17 heavy (non-hydrogen) atoms. The number of hydrogen-bond donors (Lipinski definition) is 1. The van der Waals surface area contributed by atoms with Gasteiger partial charge in [-0.2, -0.15) is 13.2 Å². The number of halogens is 4. The zero-order valence-electron chi connectivity index (χ0n) is 9.02. The number of nitrogens with one attached hydrogen (secondary N) is 1. The second-order valence-electron chi connectivity index (χ2n) is 3.87. The number of benzene rings is 1. The first kappa shape index (κ1) is 12.5. The van der Waals surface area contributed by atoms with E-state index >= 15 is 0 Å². The quantitative estimate of drug-likeness (QED) is 0.839. The van der Waals surface area contributed by atoms with Crippen LogP contribution in [0.5, 0.6) is 0 Å². The van der Waals surface area contributed by atoms with Gasteiger partial charge in [0.2, 0.25) is 0 Å². The molecule has 0 unspecified atom stereocenters. The number of hydrogen-bond acceptors (Lipinski definition) is 2. The van der Waals surface area contributed by atoms with Crippen molar-refractivity contribution in [2.45, 2.75) is 6.18 Å². The van der Waals surface area contributed by atoms with Crippen LogP contribution in [-0.2, 0) is 6.18 Å². The van der Waals surface area contributed by atoms with Gasteiger partial charge in [0.25, 0.3) is 0 Å². The predicted molar refractivity (Wildman–Crippen MR) is 61.5 cm³/mol. The summed E-state index contributed by atoms with van der Waals surface area (Å²) in [5.41, 5.74) is -0.560. The Morgan fingerprint density at radius 2 is 1.82 bits per heavy atom. The van der Waals surface area contributed by atoms with Gasteiger partial charge >= 0.3 is 6.18 Å². The topological polar surface area (TPSA) is 15.3 Å². The number of anilines is 1. The minimum absolute atomic E-state index is 0.173. The lowest BCUT2D eigenvalue weighted by Gasteiger charge is -2.31. The fraction of sp³-hybridized carbons (Fsp3) is 0.455. The lowest BCUT2D eigenvalue weighted by molar-refractivity contribution is -0.137. The van der Waals surface area contributed by atoms with Gasteiger partial charge in [-0.15, -0.1) is 0 Å². The monoisotopic (exact) mass is 264 g/mol. The van der Waals surface area contributed by atoms with E-state index in [-0.39, 0.29) is 10.7 Å². The van der Waals surface area contributed by atoms with E-state index in [0.29, 0.717) is 26.2 Å². The summed E-state index contributed by atoms with van der Waals surface area (Å²) in [6, 6.07) is 4.30. The van der Waals surface area contributed by atoms with Gasteiger partial charge in [-0.1, -0.05) is 17.7 Å². The molecule has 94 valence electrons. The molecule has 0 aromatic heterocycles. The molecule has 0 radical (unpaired) electrons. The van der Waals surface area contributed by atoms with E-state index in [2.05, 4.69) is 5.32 Å². The molecule has 1 aromatic carbocycles. The molecule has 1 aromatic rings. The lowest BCUT2D eigenvalue weighted by atomic mass is 10.1. The molecule has 6 heteroatoms. The highest BCUT2D eigenvalue weighted by Crippen LogP contribution is 2.41. The van der Waals surface area contributed by atoms with Crippen LogP contribution in [0.4, 0.5) is 18.9 Å². The van der Waals surface area contributed by atoms with Crippen molar-refractivity contribution in [3.63, 3.8) is 0 Å². The van der Waals surface area contributed by atoms with Crippen LogP contribution in [0.2, 0.25) is 5.02 Å². The molecule has 0 spiro atoms. The van der Waals surface area contributed by atoms with Crippen LogP contribution >= 0.6 is 11.6 Å². The first-order chi connectivity index (χ1) is 8.00. The Morgan fingerprint density at radius 3 is 2.41 bits per heavy atom. The molecule has 1 N–H and O–H groups in total. The number of rotatable bonds is 1. The summed E-state index contributed by atoms with van der Waals surface area (Å²) >= 11 is 5.67. The van der Waals surface area contributed by atoms with E-state index in [0.717, 1.165) is 0 Å². The molecule has 1 saturated heterocycles. The summed E-state index contributed by atoms with van der Waals surface area (Å²) in [7, 11) is 0. The van der Waals surface area contributed by atoms with Crippen LogP contribution < -0.4 is 10.2 Å². The Balaban J connectivity index is 2.42. The van der Waals surface area contributed by atoms with Crippen LogP contribution in [0.15, 0.2) is 18.2 Å². The average molecular weight is 265 g/mol. The molecule has 2 nitrogen and oxygen atoms in total. The van der Waals surface area contributed by atoms with Crippen LogP contribution in [-0.4, -0.2) is 26.2 Å². The molecule has 0 saturated carbocycles. The molecule has 0 amide bonds. The maximum atomic E-state index is 12.9. The first-order valence-electron chi connectivity index (χ1n) is 5.31. The van der Waals surface area contributed by atoms with Crippen LogP contribution in [0.25, 0.3) is 0 Å². The normalized spacial score (nSPS) is 17.3. The number of nitrogens with zero attached hydrogens (tertiary/aromatic N) is 1. The van der Waals surface area contributed by atoms with Crippen molar-refractivity contribution in [2.24, 2.45) is 0 Å². The minimum atomic E-state index is -4.42. The van der Waals surface area contributed by atoms with Gasteiger partial charge in [0, 0.05) is 26.2 Å². The minimum Gasteiger partial charge on any atom is -0.368 e. The van der Waals surface area contributed by atoms with Crippen LogP contribution in [0, 0.1) is 0 Å². The molecule has 0 aliphatic carbocycles. The molecular weight excluding hydrogens is 253 g/mol. The van der Waals surface area contributed by atoms with Crippen molar-refractivity contribution in [3.05, 3.63) is 28.8 Å². The van der Waals surface area contributed by atoms with Gasteiger partial charge in [-0.05, 0) is 12.1 Å². The maximum Gasteiger partial charge on any atom is 0.419 e. The average Bonchev–Trinajstić information content (AvgIpc) is 2.28. The van der Waals surface area contributed by atoms with Crippen LogP contribution in [0.3, 0.4) is 0 Å². The Morgan fingerprint density at radius 1 is 1.18 bits per heavy atom. The Labute approximate surface area is 102 Å². The van der Waals surface area contributed by atoms with Crippen molar-refractivity contribution in [1.82, 2.24) is 5.32 Å². The molecule has 1 fully saturated rings. The summed E-state index contributed by atoms with van der Waals surface area (Å²) in [5, 5.41) is 2.86. The Hall–Kier alpha value is -0.940. The van der Waals surface area contributed by atoms with E-state index < -0.39 is 11.7 Å². The maximum absolute atomic E-state index is 12.9. The van der Waals surface area contributed by atoms with E-state index in [9.17, 15) is 13.2 Å². The van der Waals surface area contributed by atoms with Gasteiger partial charge in [0.1, 0.15) is 0 Å². The highest BCUT2D eigenvalue weighted by molar-refractivity contribution is 6.31. The number of alkyl halides is 3. The zero-order chi connectivity index (χ0) is 12.5. The van der Waals surface area contributed by atoms with E-state index in [1.54, 1.807) is 11.0 Å². The third-order valence-corrected chi connectivity index (χ3v) is 3.05. The summed E-state index contributed by atoms with van der Waals surface area (Å²) in [4.78, 5) is 1.71. The second-order valence-corrected chi connectivity index (χ2v) is 4.28. The third-order valence-electron chi connectivity index (χ3n) is 2.73. The molecule has 1 aliphatic heterocycles. The highest BCUT2D eigenvalue weighted by atomic mass is 35.5. The SMILES string of the molecule is FC(F)(F)c1c(Cl)cccc1N1CCNCC1. The fourth-order valence-electron chi connectivity index (χ4n) is 1.96. The molecule has 0 bridgehead atoms. The lowest BCUT2D eigenvalue weighted by Crippen LogP contribution is -2.44. The highest BCUT2D eigenvalue weighted by Gasteiger charge is 2.37. The molecule has 1 aliphatic rings. The number of piperazine rings is 1. The van der Waals surface area contributed by atoms with Gasteiger partial charge in [0.15, 0.2) is 0 Å². The molecule has 2 rings (SSSR count). The van der Waals surface area contributed by atoms with E-state index in [1.165, 1.54) is 12.1 Å².